The number of nitrogens with zero attached hydrogens (tertiary/aromatic N) is 1. The van der Waals surface area contributed by atoms with Crippen molar-refractivity contribution >= 4 is 22.9 Å². The lowest BCUT2D eigenvalue weighted by Crippen LogP contribution is -2.32. The van der Waals surface area contributed by atoms with Gasteiger partial charge >= 0.3 is 0 Å². The molecule has 0 spiro atoms. The van der Waals surface area contributed by atoms with E-state index < -0.39 is 11.6 Å². The standard InChI is InChI=1S/C21H20F2N2O2S/c1-27-20-7-3-2-5-15(20)12-25(13-17-6-4-10-28-17)14-21(26)24-16-8-9-18(22)19(23)11-16/h2-11H,12-14H2,1H3,(H,24,26). The maximum Gasteiger partial charge on any atom is 0.238 e. The molecule has 0 aliphatic heterocycles. The molecular weight excluding hydrogens is 382 g/mol. The first-order chi connectivity index (χ1) is 13.5. The second-order valence-electron chi connectivity index (χ2n) is 6.21. The number of amides is 1. The number of rotatable bonds is 8. The van der Waals surface area contributed by atoms with E-state index in [1.165, 1.54) is 6.07 Å². The summed E-state index contributed by atoms with van der Waals surface area (Å²) in [5, 5.41) is 4.60. The van der Waals surface area contributed by atoms with Crippen molar-refractivity contribution in [2.45, 2.75) is 13.1 Å². The number of ether oxygens (including phenoxy) is 1. The Bertz CT molecular complexity index is 932. The first-order valence-electron chi connectivity index (χ1n) is 8.66. The van der Waals surface area contributed by atoms with Crippen molar-refractivity contribution in [2.75, 3.05) is 19.0 Å². The van der Waals surface area contributed by atoms with Crippen LogP contribution in [0.4, 0.5) is 14.5 Å². The third kappa shape index (κ3) is 5.37. The monoisotopic (exact) mass is 402 g/mol. The van der Waals surface area contributed by atoms with Crippen LogP contribution >= 0.6 is 11.3 Å². The molecule has 1 amide bonds. The van der Waals surface area contributed by atoms with E-state index in [4.69, 9.17) is 4.74 Å². The van der Waals surface area contributed by atoms with Crippen molar-refractivity contribution in [1.29, 1.82) is 0 Å². The molecule has 3 aromatic rings. The topological polar surface area (TPSA) is 41.6 Å². The van der Waals surface area contributed by atoms with E-state index >= 15 is 0 Å². The van der Waals surface area contributed by atoms with Gasteiger partial charge in [-0.3, -0.25) is 9.69 Å². The van der Waals surface area contributed by atoms with Gasteiger partial charge in [0.15, 0.2) is 11.6 Å². The van der Waals surface area contributed by atoms with Crippen LogP contribution in [-0.2, 0) is 17.9 Å². The molecule has 0 aliphatic carbocycles. The summed E-state index contributed by atoms with van der Waals surface area (Å²) in [6.07, 6.45) is 0. The van der Waals surface area contributed by atoms with Crippen LogP contribution in [0.2, 0.25) is 0 Å². The number of thiophene rings is 1. The summed E-state index contributed by atoms with van der Waals surface area (Å²) in [5.74, 6) is -1.51. The van der Waals surface area contributed by atoms with Crippen molar-refractivity contribution in [3.8, 4) is 5.75 Å². The van der Waals surface area contributed by atoms with Gasteiger partial charge in [0.25, 0.3) is 0 Å². The predicted octanol–water partition coefficient (Wildman–Crippen LogP) is 4.68. The van der Waals surface area contributed by atoms with Crippen molar-refractivity contribution in [2.24, 2.45) is 0 Å². The van der Waals surface area contributed by atoms with E-state index in [-0.39, 0.29) is 18.1 Å². The molecule has 28 heavy (non-hydrogen) atoms. The number of carbonyl (C=O) groups excluding carboxylic acids is 1. The van der Waals surface area contributed by atoms with Crippen molar-refractivity contribution < 1.29 is 18.3 Å². The Hall–Kier alpha value is -2.77. The predicted molar refractivity (Wildman–Crippen MR) is 106 cm³/mol. The average Bonchev–Trinajstić information content (AvgIpc) is 3.18. The second-order valence-corrected chi connectivity index (χ2v) is 7.25. The van der Waals surface area contributed by atoms with Gasteiger partial charge in [-0.25, -0.2) is 8.78 Å². The fourth-order valence-corrected chi connectivity index (χ4v) is 3.59. The number of carbonyl (C=O) groups is 1. The fourth-order valence-electron chi connectivity index (χ4n) is 2.84. The third-order valence-electron chi connectivity index (χ3n) is 4.12. The number of benzene rings is 2. The number of methoxy groups -OCH3 is 1. The van der Waals surface area contributed by atoms with E-state index in [1.807, 2.05) is 46.7 Å². The smallest absolute Gasteiger partial charge is 0.238 e. The first-order valence-corrected chi connectivity index (χ1v) is 9.54. The van der Waals surface area contributed by atoms with E-state index in [0.29, 0.717) is 13.1 Å². The van der Waals surface area contributed by atoms with Crippen molar-refractivity contribution in [3.63, 3.8) is 0 Å². The van der Waals surface area contributed by atoms with Crippen LogP contribution in [0, 0.1) is 11.6 Å². The number of hydrogen-bond donors (Lipinski definition) is 1. The van der Waals surface area contributed by atoms with Gasteiger partial charge in [-0.15, -0.1) is 11.3 Å². The summed E-state index contributed by atoms with van der Waals surface area (Å²) in [6.45, 7) is 1.18. The first kappa shape index (κ1) is 20.0. The highest BCUT2D eigenvalue weighted by Gasteiger charge is 2.15. The maximum absolute atomic E-state index is 13.4. The lowest BCUT2D eigenvalue weighted by Gasteiger charge is -2.22. The molecule has 0 saturated carbocycles. The van der Waals surface area contributed by atoms with Crippen LogP contribution < -0.4 is 10.1 Å². The molecule has 4 nitrogen and oxygen atoms in total. The van der Waals surface area contributed by atoms with Gasteiger partial charge in [0.05, 0.1) is 13.7 Å². The molecule has 0 atom stereocenters. The van der Waals surface area contributed by atoms with Crippen molar-refractivity contribution in [1.82, 2.24) is 4.90 Å². The fraction of sp³-hybridized carbons (Fsp3) is 0.190. The quantitative estimate of drug-likeness (QED) is 0.595. The lowest BCUT2D eigenvalue weighted by atomic mass is 10.2. The van der Waals surface area contributed by atoms with Crippen LogP contribution in [0.15, 0.2) is 60.0 Å². The van der Waals surface area contributed by atoms with E-state index in [9.17, 15) is 13.6 Å². The molecular formula is C21H20F2N2O2S. The number of hydrogen-bond acceptors (Lipinski definition) is 4. The molecule has 0 bridgehead atoms. The summed E-state index contributed by atoms with van der Waals surface area (Å²) in [7, 11) is 1.61. The Kier molecular flexibility index (Phi) is 6.73. The minimum Gasteiger partial charge on any atom is -0.496 e. The number of anilines is 1. The zero-order valence-electron chi connectivity index (χ0n) is 15.3. The summed E-state index contributed by atoms with van der Waals surface area (Å²) in [5.41, 5.74) is 1.18. The summed E-state index contributed by atoms with van der Waals surface area (Å²) in [6, 6.07) is 14.9. The molecule has 7 heteroatoms. The Morgan fingerprint density at radius 1 is 1.07 bits per heavy atom. The molecule has 2 aromatic carbocycles. The van der Waals surface area contributed by atoms with Gasteiger partial charge < -0.3 is 10.1 Å². The zero-order valence-corrected chi connectivity index (χ0v) is 16.1. The molecule has 0 saturated heterocycles. The molecule has 0 fully saturated rings. The Balaban J connectivity index is 1.72. The zero-order chi connectivity index (χ0) is 19.9. The van der Waals surface area contributed by atoms with Crippen LogP contribution in [0.3, 0.4) is 0 Å². The molecule has 1 N–H and O–H groups in total. The largest absolute Gasteiger partial charge is 0.496 e. The highest BCUT2D eigenvalue weighted by molar-refractivity contribution is 7.09. The highest BCUT2D eigenvalue weighted by atomic mass is 32.1. The van der Waals surface area contributed by atoms with Gasteiger partial charge in [-0.2, -0.15) is 0 Å². The maximum atomic E-state index is 13.4. The summed E-state index contributed by atoms with van der Waals surface area (Å²) >= 11 is 1.61. The molecule has 0 unspecified atom stereocenters. The summed E-state index contributed by atoms with van der Waals surface area (Å²) < 4.78 is 31.8. The third-order valence-corrected chi connectivity index (χ3v) is 4.98. The number of halogens is 2. The Morgan fingerprint density at radius 2 is 1.89 bits per heavy atom. The number of para-hydroxylation sites is 1. The normalized spacial score (nSPS) is 10.9. The minimum atomic E-state index is -0.998. The lowest BCUT2D eigenvalue weighted by molar-refractivity contribution is -0.117. The van der Waals surface area contributed by atoms with Gasteiger partial charge in [0.1, 0.15) is 5.75 Å². The molecule has 146 valence electrons. The van der Waals surface area contributed by atoms with Gasteiger partial charge in [0.2, 0.25) is 5.91 Å². The van der Waals surface area contributed by atoms with Gasteiger partial charge in [-0.1, -0.05) is 24.3 Å². The van der Waals surface area contributed by atoms with Gasteiger partial charge in [0, 0.05) is 35.3 Å². The molecule has 1 aromatic heterocycles. The average molecular weight is 402 g/mol. The Morgan fingerprint density at radius 3 is 2.61 bits per heavy atom. The number of nitrogens with one attached hydrogen (secondary N) is 1. The van der Waals surface area contributed by atoms with Crippen LogP contribution in [0.1, 0.15) is 10.4 Å². The molecule has 3 rings (SSSR count). The van der Waals surface area contributed by atoms with Crippen LogP contribution in [0.25, 0.3) is 0 Å². The molecule has 1 heterocycles. The SMILES string of the molecule is COc1ccccc1CN(CC(=O)Nc1ccc(F)c(F)c1)Cc1cccs1. The van der Waals surface area contributed by atoms with Crippen LogP contribution in [0.5, 0.6) is 5.75 Å². The van der Waals surface area contributed by atoms with E-state index in [1.54, 1.807) is 18.4 Å². The minimum absolute atomic E-state index is 0.0922. The molecule has 0 aliphatic rings. The van der Waals surface area contributed by atoms with Crippen LogP contribution in [-0.4, -0.2) is 24.5 Å². The Labute approximate surface area is 166 Å². The summed E-state index contributed by atoms with van der Waals surface area (Å²) in [4.78, 5) is 15.6. The highest BCUT2D eigenvalue weighted by Crippen LogP contribution is 2.21. The second kappa shape index (κ2) is 9.43. The molecule has 0 radical (unpaired) electrons. The van der Waals surface area contributed by atoms with Crippen molar-refractivity contribution in [3.05, 3.63) is 82.1 Å². The van der Waals surface area contributed by atoms with Gasteiger partial charge in [-0.05, 0) is 29.6 Å². The van der Waals surface area contributed by atoms with E-state index in [0.717, 1.165) is 28.3 Å². The van der Waals surface area contributed by atoms with E-state index in [2.05, 4.69) is 5.32 Å².